The predicted octanol–water partition coefficient (Wildman–Crippen LogP) is 9.79. The van der Waals surface area contributed by atoms with Crippen LogP contribution >= 0.6 is 0 Å². The summed E-state index contributed by atoms with van der Waals surface area (Å²) < 4.78 is 6.19. The van der Waals surface area contributed by atoms with Crippen LogP contribution in [0.4, 0.5) is 0 Å². The van der Waals surface area contributed by atoms with Gasteiger partial charge >= 0.3 is 0 Å². The van der Waals surface area contributed by atoms with E-state index in [1.54, 1.807) is 0 Å². The van der Waals surface area contributed by atoms with Crippen LogP contribution in [-0.4, -0.2) is 6.61 Å². The Kier molecular flexibility index (Phi) is 10.1. The third kappa shape index (κ3) is 7.86. The Morgan fingerprint density at radius 3 is 1.94 bits per heavy atom. The predicted molar refractivity (Wildman–Crippen MR) is 150 cm³/mol. The van der Waals surface area contributed by atoms with Crippen molar-refractivity contribution in [2.75, 3.05) is 6.61 Å². The first-order valence-electron chi connectivity index (χ1n) is 14.4. The van der Waals surface area contributed by atoms with Gasteiger partial charge in [-0.15, -0.1) is 6.58 Å². The van der Waals surface area contributed by atoms with Crippen LogP contribution in [0, 0.1) is 11.8 Å². The lowest BCUT2D eigenvalue weighted by Gasteiger charge is -2.28. The van der Waals surface area contributed by atoms with Crippen LogP contribution in [0.25, 0.3) is 0 Å². The first kappa shape index (κ1) is 25.8. The Labute approximate surface area is 214 Å². The van der Waals surface area contributed by atoms with Crippen molar-refractivity contribution in [3.05, 3.63) is 90.0 Å². The van der Waals surface area contributed by atoms with Gasteiger partial charge in [0, 0.05) is 11.8 Å². The van der Waals surface area contributed by atoms with Gasteiger partial charge in [-0.25, -0.2) is 0 Å². The Morgan fingerprint density at radius 1 is 0.771 bits per heavy atom. The zero-order valence-electron chi connectivity index (χ0n) is 22.0. The zero-order valence-corrected chi connectivity index (χ0v) is 22.0. The smallest absolute Gasteiger partial charge is 0.119 e. The molecule has 0 bridgehead atoms. The van der Waals surface area contributed by atoms with Crippen LogP contribution in [-0.2, 0) is 6.42 Å². The van der Waals surface area contributed by atoms with Crippen molar-refractivity contribution in [2.45, 2.75) is 95.8 Å². The van der Waals surface area contributed by atoms with Crippen LogP contribution in [0.15, 0.2) is 73.3 Å². The van der Waals surface area contributed by atoms with Crippen LogP contribution in [0.2, 0.25) is 0 Å². The molecule has 2 aliphatic carbocycles. The molecule has 0 heterocycles. The Hall–Kier alpha value is -2.28. The molecule has 0 saturated heterocycles. The lowest BCUT2D eigenvalue weighted by molar-refractivity contribution is 0.179. The molecule has 2 aromatic rings. The highest BCUT2D eigenvalue weighted by Crippen LogP contribution is 2.36. The Balaban J connectivity index is 1.21. The third-order valence-electron chi connectivity index (χ3n) is 8.38. The summed E-state index contributed by atoms with van der Waals surface area (Å²) >= 11 is 0. The van der Waals surface area contributed by atoms with E-state index in [9.17, 15) is 0 Å². The van der Waals surface area contributed by atoms with E-state index in [-0.39, 0.29) is 0 Å². The van der Waals surface area contributed by atoms with Gasteiger partial charge in [-0.2, -0.15) is 0 Å². The summed E-state index contributed by atoms with van der Waals surface area (Å²) in [5.74, 6) is 3.74. The summed E-state index contributed by atoms with van der Waals surface area (Å²) in [6, 6.07) is 18.3. The quantitative estimate of drug-likeness (QED) is 0.221. The van der Waals surface area contributed by atoms with Crippen molar-refractivity contribution >= 4 is 0 Å². The molecule has 188 valence electrons. The van der Waals surface area contributed by atoms with Gasteiger partial charge < -0.3 is 4.74 Å². The molecule has 2 atom stereocenters. The maximum absolute atomic E-state index is 6.19. The van der Waals surface area contributed by atoms with Gasteiger partial charge in [-0.1, -0.05) is 87.2 Å². The largest absolute Gasteiger partial charge is 0.493 e. The minimum absolute atomic E-state index is 0.527. The molecule has 0 aliphatic heterocycles. The summed E-state index contributed by atoms with van der Waals surface area (Å²) in [5, 5.41) is 0. The molecular weight excluding hydrogens is 424 g/mol. The number of unbranched alkanes of at least 4 members (excludes halogenated alkanes) is 2. The zero-order chi connectivity index (χ0) is 24.3. The van der Waals surface area contributed by atoms with Crippen molar-refractivity contribution < 1.29 is 4.74 Å². The van der Waals surface area contributed by atoms with Crippen LogP contribution in [0.3, 0.4) is 0 Å². The molecule has 1 heteroatoms. The van der Waals surface area contributed by atoms with Gasteiger partial charge in [0.25, 0.3) is 0 Å². The summed E-state index contributed by atoms with van der Waals surface area (Å²) in [4.78, 5) is 0. The normalized spacial score (nSPS) is 24.3. The fourth-order valence-electron chi connectivity index (χ4n) is 5.95. The molecule has 0 amide bonds. The van der Waals surface area contributed by atoms with Gasteiger partial charge in [0.1, 0.15) is 5.75 Å². The monoisotopic (exact) mass is 470 g/mol. The second-order valence-electron chi connectivity index (χ2n) is 11.0. The van der Waals surface area contributed by atoms with Gasteiger partial charge in [0.15, 0.2) is 0 Å². The van der Waals surface area contributed by atoms with Gasteiger partial charge in [-0.05, 0) is 92.0 Å². The van der Waals surface area contributed by atoms with E-state index in [1.807, 2.05) is 0 Å². The number of hydrogen-bond acceptors (Lipinski definition) is 1. The maximum Gasteiger partial charge on any atom is 0.119 e. The summed E-state index contributed by atoms with van der Waals surface area (Å²) in [7, 11) is 0. The molecule has 1 fully saturated rings. The second kappa shape index (κ2) is 13.7. The molecular formula is C34H46O. The third-order valence-corrected chi connectivity index (χ3v) is 8.38. The van der Waals surface area contributed by atoms with E-state index in [0.717, 1.165) is 24.2 Å². The number of allylic oxidation sites excluding steroid dienone is 3. The number of ether oxygens (including phenoxy) is 1. The highest BCUT2D eigenvalue weighted by atomic mass is 16.5. The molecule has 0 spiro atoms. The topological polar surface area (TPSA) is 9.23 Å². The van der Waals surface area contributed by atoms with Crippen molar-refractivity contribution in [1.29, 1.82) is 0 Å². The number of rotatable bonds is 12. The van der Waals surface area contributed by atoms with Gasteiger partial charge in [0.05, 0.1) is 6.61 Å². The molecule has 2 unspecified atom stereocenters. The first-order valence-corrected chi connectivity index (χ1v) is 14.4. The minimum Gasteiger partial charge on any atom is -0.493 e. The van der Waals surface area contributed by atoms with E-state index in [1.165, 1.54) is 93.7 Å². The first-order chi connectivity index (χ1) is 17.2. The summed E-state index contributed by atoms with van der Waals surface area (Å²) in [6.45, 7) is 7.00. The second-order valence-corrected chi connectivity index (χ2v) is 11.0. The van der Waals surface area contributed by atoms with E-state index in [2.05, 4.69) is 80.3 Å². The average molecular weight is 471 g/mol. The fourth-order valence-corrected chi connectivity index (χ4v) is 5.95. The lowest BCUT2D eigenvalue weighted by Crippen LogP contribution is -2.20. The molecule has 4 rings (SSSR count). The average Bonchev–Trinajstić information content (AvgIpc) is 2.92. The molecule has 0 N–H and O–H groups in total. The molecule has 1 nitrogen and oxygen atoms in total. The number of aryl methyl sites for hydroxylation is 1. The van der Waals surface area contributed by atoms with Crippen LogP contribution < -0.4 is 4.74 Å². The maximum atomic E-state index is 6.19. The SMILES string of the molecule is C=CCCC1CCC(COc2ccc(C3C=CC(c4ccc(CCCCC)cc4)CC3)cc2)CC1. The van der Waals surface area contributed by atoms with Crippen LogP contribution in [0.5, 0.6) is 5.75 Å². The lowest BCUT2D eigenvalue weighted by atomic mass is 9.80. The minimum atomic E-state index is 0.527. The summed E-state index contributed by atoms with van der Waals surface area (Å²) in [6.07, 6.45) is 22.4. The fraction of sp³-hybridized carbons (Fsp3) is 0.529. The van der Waals surface area contributed by atoms with Crippen molar-refractivity contribution in [1.82, 2.24) is 0 Å². The van der Waals surface area contributed by atoms with Crippen molar-refractivity contribution in [2.24, 2.45) is 11.8 Å². The van der Waals surface area contributed by atoms with Crippen LogP contribution in [0.1, 0.15) is 106 Å². The van der Waals surface area contributed by atoms with E-state index < -0.39 is 0 Å². The number of benzene rings is 2. The van der Waals surface area contributed by atoms with Crippen molar-refractivity contribution in [3.8, 4) is 5.75 Å². The molecule has 1 saturated carbocycles. The Morgan fingerprint density at radius 2 is 1.37 bits per heavy atom. The molecule has 2 aromatic carbocycles. The van der Waals surface area contributed by atoms with E-state index >= 15 is 0 Å². The highest BCUT2D eigenvalue weighted by Gasteiger charge is 2.22. The standard InChI is InChI=1S/C34H46O/c1-3-5-7-9-28-14-16-30(17-15-28)31-18-20-32(21-19-31)33-22-24-34(25-23-33)35-26-29-12-10-27(11-13-29)8-6-4-2/h4,14-18,20,22-25,27,29,31-32H,2-3,5-13,19,21,26H2,1H3. The molecule has 0 radical (unpaired) electrons. The molecule has 2 aliphatic rings. The Bertz CT molecular complexity index is 899. The summed E-state index contributed by atoms with van der Waals surface area (Å²) in [5.41, 5.74) is 4.37. The van der Waals surface area contributed by atoms with E-state index in [4.69, 9.17) is 4.74 Å². The van der Waals surface area contributed by atoms with Crippen molar-refractivity contribution in [3.63, 3.8) is 0 Å². The van der Waals surface area contributed by atoms with Gasteiger partial charge in [0.2, 0.25) is 0 Å². The highest BCUT2D eigenvalue weighted by molar-refractivity contribution is 5.35. The molecule has 35 heavy (non-hydrogen) atoms. The van der Waals surface area contributed by atoms with E-state index in [0.29, 0.717) is 11.8 Å². The van der Waals surface area contributed by atoms with Gasteiger partial charge in [-0.3, -0.25) is 0 Å². The molecule has 0 aromatic heterocycles. The number of hydrogen-bond donors (Lipinski definition) is 0.